The molecule has 0 aliphatic carbocycles. The van der Waals surface area contributed by atoms with Crippen LogP contribution in [0.2, 0.25) is 0 Å². The number of carboxylic acids is 2. The average Bonchev–Trinajstić information content (AvgIpc) is 2.78. The normalized spacial score (nSPS) is 10.6. The molecule has 164 valence electrons. The largest absolute Gasteiger partial charge is 0.496 e. The standard InChI is InChI=1S/C25H20O6.ClH/c1-30-22-18(16-9-5-3-7-14(16)11-20(22)24(26)27)13-19-17-10-6-4-8-15(17)12-21(25(28)29)23(19)31-2;/h3-12H,13H2,1-2H3,(H,26,27)(H,28,29);1H. The van der Waals surface area contributed by atoms with Gasteiger partial charge < -0.3 is 19.7 Å². The highest BCUT2D eigenvalue weighted by Gasteiger charge is 2.24. The van der Waals surface area contributed by atoms with Crippen molar-refractivity contribution in [1.29, 1.82) is 0 Å². The van der Waals surface area contributed by atoms with Crippen molar-refractivity contribution in [2.24, 2.45) is 0 Å². The van der Waals surface area contributed by atoms with Gasteiger partial charge in [-0.2, -0.15) is 0 Å². The maximum atomic E-state index is 11.9. The third kappa shape index (κ3) is 3.81. The monoisotopic (exact) mass is 452 g/mol. The fraction of sp³-hybridized carbons (Fsp3) is 0.120. The Labute approximate surface area is 190 Å². The molecule has 0 spiro atoms. The quantitative estimate of drug-likeness (QED) is 0.406. The van der Waals surface area contributed by atoms with Crippen LogP contribution in [0.3, 0.4) is 0 Å². The molecule has 4 aromatic rings. The van der Waals surface area contributed by atoms with Crippen molar-refractivity contribution in [2.45, 2.75) is 6.42 Å². The Kier molecular flexibility index (Phi) is 6.55. The number of halogens is 1. The molecule has 4 aromatic carbocycles. The van der Waals surface area contributed by atoms with E-state index in [0.717, 1.165) is 21.5 Å². The Hall–Kier alpha value is -3.77. The van der Waals surface area contributed by atoms with E-state index in [2.05, 4.69) is 0 Å². The van der Waals surface area contributed by atoms with Crippen molar-refractivity contribution in [1.82, 2.24) is 0 Å². The lowest BCUT2D eigenvalue weighted by Gasteiger charge is -2.19. The fourth-order valence-corrected chi connectivity index (χ4v) is 4.12. The molecule has 0 heterocycles. The summed E-state index contributed by atoms with van der Waals surface area (Å²) in [5.74, 6) is -1.70. The molecule has 2 N–H and O–H groups in total. The van der Waals surface area contributed by atoms with Crippen LogP contribution < -0.4 is 9.47 Å². The molecular weight excluding hydrogens is 432 g/mol. The fourth-order valence-electron chi connectivity index (χ4n) is 4.12. The first kappa shape index (κ1) is 22.9. The van der Waals surface area contributed by atoms with Crippen LogP contribution in [-0.4, -0.2) is 36.4 Å². The lowest BCUT2D eigenvalue weighted by Crippen LogP contribution is -2.08. The predicted octanol–water partition coefficient (Wildman–Crippen LogP) is 5.42. The zero-order valence-corrected chi connectivity index (χ0v) is 18.2. The number of carbonyl (C=O) groups is 2. The van der Waals surface area contributed by atoms with Gasteiger partial charge >= 0.3 is 11.9 Å². The summed E-state index contributed by atoms with van der Waals surface area (Å²) in [4.78, 5) is 23.9. The molecule has 0 fully saturated rings. The minimum absolute atomic E-state index is 0. The van der Waals surface area contributed by atoms with Crippen LogP contribution in [0.15, 0.2) is 60.7 Å². The highest BCUT2D eigenvalue weighted by Crippen LogP contribution is 2.39. The lowest BCUT2D eigenvalue weighted by atomic mass is 9.90. The van der Waals surface area contributed by atoms with E-state index in [-0.39, 0.29) is 41.5 Å². The molecule has 32 heavy (non-hydrogen) atoms. The van der Waals surface area contributed by atoms with Crippen LogP contribution in [0.5, 0.6) is 11.5 Å². The van der Waals surface area contributed by atoms with Crippen molar-refractivity contribution >= 4 is 45.9 Å². The van der Waals surface area contributed by atoms with Gasteiger partial charge in [0.05, 0.1) is 14.2 Å². The van der Waals surface area contributed by atoms with Gasteiger partial charge in [0.15, 0.2) is 0 Å². The summed E-state index contributed by atoms with van der Waals surface area (Å²) in [6.45, 7) is 0. The number of rotatable bonds is 6. The molecule has 0 saturated carbocycles. The molecule has 0 aliphatic heterocycles. The van der Waals surface area contributed by atoms with Gasteiger partial charge in [-0.05, 0) is 33.7 Å². The summed E-state index contributed by atoms with van der Waals surface area (Å²) in [5, 5.41) is 22.7. The average molecular weight is 453 g/mol. The van der Waals surface area contributed by atoms with Gasteiger partial charge in [0.1, 0.15) is 22.6 Å². The van der Waals surface area contributed by atoms with Crippen molar-refractivity contribution in [2.75, 3.05) is 14.2 Å². The smallest absolute Gasteiger partial charge is 0.339 e. The summed E-state index contributed by atoms with van der Waals surface area (Å²) in [6, 6.07) is 18.1. The predicted molar refractivity (Wildman–Crippen MR) is 125 cm³/mol. The van der Waals surface area contributed by atoms with Gasteiger partial charge in [-0.25, -0.2) is 9.59 Å². The maximum absolute atomic E-state index is 11.9. The molecular formula is C25H21ClO6. The number of aromatic carboxylic acids is 2. The second kappa shape index (κ2) is 9.16. The number of fused-ring (bicyclic) bond motifs is 2. The van der Waals surface area contributed by atoms with E-state index in [0.29, 0.717) is 11.1 Å². The van der Waals surface area contributed by atoms with Crippen molar-refractivity contribution in [3.05, 3.63) is 82.9 Å². The highest BCUT2D eigenvalue weighted by atomic mass is 35.5. The minimum atomic E-state index is -1.10. The Morgan fingerprint density at radius 2 is 1.09 bits per heavy atom. The second-order valence-corrected chi connectivity index (χ2v) is 7.10. The van der Waals surface area contributed by atoms with Crippen molar-refractivity contribution in [3.63, 3.8) is 0 Å². The van der Waals surface area contributed by atoms with Crippen LogP contribution in [0, 0.1) is 0 Å². The molecule has 0 bridgehead atoms. The number of hydrogen-bond acceptors (Lipinski definition) is 4. The van der Waals surface area contributed by atoms with E-state index in [1.54, 1.807) is 12.1 Å². The number of hydrogen-bond donors (Lipinski definition) is 2. The summed E-state index contributed by atoms with van der Waals surface area (Å²) >= 11 is 0. The molecule has 6 nitrogen and oxygen atoms in total. The molecule has 0 amide bonds. The van der Waals surface area contributed by atoms with Crippen molar-refractivity contribution < 1.29 is 29.3 Å². The first-order valence-corrected chi connectivity index (χ1v) is 9.60. The third-order valence-corrected chi connectivity index (χ3v) is 5.43. The van der Waals surface area contributed by atoms with Gasteiger partial charge in [0.2, 0.25) is 0 Å². The molecule has 0 atom stereocenters. The van der Waals surface area contributed by atoms with Crippen LogP contribution in [-0.2, 0) is 6.42 Å². The summed E-state index contributed by atoms with van der Waals surface area (Å²) < 4.78 is 11.1. The number of methoxy groups -OCH3 is 2. The van der Waals surface area contributed by atoms with Gasteiger partial charge in [-0.3, -0.25) is 0 Å². The van der Waals surface area contributed by atoms with Gasteiger partial charge in [0, 0.05) is 17.5 Å². The Bertz CT molecular complexity index is 1240. The maximum Gasteiger partial charge on any atom is 0.339 e. The van der Waals surface area contributed by atoms with E-state index in [1.807, 2.05) is 48.5 Å². The van der Waals surface area contributed by atoms with Gasteiger partial charge in [-0.1, -0.05) is 48.5 Å². The first-order chi connectivity index (χ1) is 15.0. The van der Waals surface area contributed by atoms with Crippen LogP contribution >= 0.6 is 12.4 Å². The minimum Gasteiger partial charge on any atom is -0.496 e. The van der Waals surface area contributed by atoms with E-state index >= 15 is 0 Å². The molecule has 0 aromatic heterocycles. The van der Waals surface area contributed by atoms with Crippen LogP contribution in [0.1, 0.15) is 31.8 Å². The summed E-state index contributed by atoms with van der Waals surface area (Å²) in [7, 11) is 2.87. The first-order valence-electron chi connectivity index (χ1n) is 9.60. The van der Waals surface area contributed by atoms with E-state index < -0.39 is 11.9 Å². The second-order valence-electron chi connectivity index (χ2n) is 7.10. The Morgan fingerprint density at radius 1 is 0.719 bits per heavy atom. The molecule has 7 heteroatoms. The van der Waals surface area contributed by atoms with Gasteiger partial charge in [-0.15, -0.1) is 12.4 Å². The van der Waals surface area contributed by atoms with Crippen LogP contribution in [0.4, 0.5) is 0 Å². The van der Waals surface area contributed by atoms with Crippen LogP contribution in [0.25, 0.3) is 21.5 Å². The Morgan fingerprint density at radius 3 is 1.44 bits per heavy atom. The molecule has 4 rings (SSSR count). The molecule has 0 saturated heterocycles. The third-order valence-electron chi connectivity index (χ3n) is 5.43. The molecule has 0 unspecified atom stereocenters. The number of benzene rings is 4. The lowest BCUT2D eigenvalue weighted by molar-refractivity contribution is 0.0682. The van der Waals surface area contributed by atoms with E-state index in [4.69, 9.17) is 9.47 Å². The molecule has 0 radical (unpaired) electrons. The topological polar surface area (TPSA) is 93.1 Å². The zero-order chi connectivity index (χ0) is 22.1. The number of carboxylic acid groups (broad SMARTS) is 2. The zero-order valence-electron chi connectivity index (χ0n) is 17.4. The van der Waals surface area contributed by atoms with E-state index in [1.165, 1.54) is 14.2 Å². The number of ether oxygens (including phenoxy) is 2. The molecule has 0 aliphatic rings. The highest BCUT2D eigenvalue weighted by molar-refractivity contribution is 6.02. The summed E-state index contributed by atoms with van der Waals surface area (Å²) in [6.07, 6.45) is 0.232. The van der Waals surface area contributed by atoms with Crippen molar-refractivity contribution in [3.8, 4) is 11.5 Å². The Balaban J connectivity index is 0.00000289. The summed E-state index contributed by atoms with van der Waals surface area (Å²) in [5.41, 5.74) is 1.41. The SMILES string of the molecule is COc1c(C(=O)O)cc2ccccc2c1Cc1c(OC)c(C(=O)O)cc2ccccc12.Cl. The van der Waals surface area contributed by atoms with Gasteiger partial charge in [0.25, 0.3) is 0 Å². The van der Waals surface area contributed by atoms with E-state index in [9.17, 15) is 19.8 Å².